The highest BCUT2D eigenvalue weighted by Gasteiger charge is 2.52. The Kier molecular flexibility index (Phi) is 5.19. The molecule has 0 bridgehead atoms. The molecule has 2 heterocycles. The number of likely N-dealkylation sites (tertiary alicyclic amines) is 1. The van der Waals surface area contributed by atoms with Crippen molar-refractivity contribution in [3.63, 3.8) is 0 Å². The van der Waals surface area contributed by atoms with E-state index >= 15 is 0 Å². The van der Waals surface area contributed by atoms with E-state index in [2.05, 4.69) is 37.4 Å². The maximum atomic E-state index is 13.2. The van der Waals surface area contributed by atoms with Crippen molar-refractivity contribution in [2.45, 2.75) is 57.9 Å². The highest BCUT2D eigenvalue weighted by Crippen LogP contribution is 2.52. The van der Waals surface area contributed by atoms with Crippen molar-refractivity contribution in [2.75, 3.05) is 19.6 Å². The number of piperidine rings is 2. The summed E-state index contributed by atoms with van der Waals surface area (Å²) in [5.41, 5.74) is 5.93. The summed E-state index contributed by atoms with van der Waals surface area (Å²) >= 11 is 0. The van der Waals surface area contributed by atoms with Gasteiger partial charge in [-0.25, -0.2) is 5.48 Å². The van der Waals surface area contributed by atoms with Crippen molar-refractivity contribution in [3.8, 4) is 0 Å². The van der Waals surface area contributed by atoms with Gasteiger partial charge >= 0.3 is 0 Å². The van der Waals surface area contributed by atoms with Crippen LogP contribution >= 0.6 is 0 Å². The summed E-state index contributed by atoms with van der Waals surface area (Å²) in [4.78, 5) is 27.3. The SMILES string of the molecule is Cc1ccc(C)c(C2CCN(C(=O)C3NCC4(CC4)CC3C(=O)NO)CC2)c1. The van der Waals surface area contributed by atoms with Crippen LogP contribution in [0.25, 0.3) is 0 Å². The third-order valence-corrected chi connectivity index (χ3v) is 7.10. The normalized spacial score (nSPS) is 26.9. The molecule has 0 aromatic heterocycles. The molecule has 4 rings (SSSR count). The quantitative estimate of drug-likeness (QED) is 0.551. The first kappa shape index (κ1) is 19.4. The van der Waals surface area contributed by atoms with E-state index in [0.717, 1.165) is 32.2 Å². The first-order valence-corrected chi connectivity index (χ1v) is 10.5. The molecule has 28 heavy (non-hydrogen) atoms. The fourth-order valence-electron chi connectivity index (χ4n) is 5.08. The maximum absolute atomic E-state index is 13.2. The third kappa shape index (κ3) is 3.67. The molecule has 3 fully saturated rings. The molecule has 6 heteroatoms. The molecule has 1 saturated carbocycles. The standard InChI is InChI=1S/C22H31N3O3/c1-14-3-4-15(2)17(11-14)16-5-9-25(10-6-16)21(27)19-18(20(26)24-28)12-22(7-8-22)13-23-19/h3-4,11,16,18-19,23,28H,5-10,12-13H2,1-2H3,(H,24,26). The largest absolute Gasteiger partial charge is 0.341 e. The number of aryl methyl sites for hydroxylation is 2. The van der Waals surface area contributed by atoms with Crippen molar-refractivity contribution in [3.05, 3.63) is 34.9 Å². The second kappa shape index (κ2) is 7.48. The number of hydrogen-bond acceptors (Lipinski definition) is 4. The molecular weight excluding hydrogens is 354 g/mol. The zero-order valence-corrected chi connectivity index (χ0v) is 16.8. The number of hydrogen-bond donors (Lipinski definition) is 3. The van der Waals surface area contributed by atoms with Crippen molar-refractivity contribution in [1.29, 1.82) is 0 Å². The average molecular weight is 386 g/mol. The number of benzene rings is 1. The van der Waals surface area contributed by atoms with Crippen LogP contribution in [-0.2, 0) is 9.59 Å². The van der Waals surface area contributed by atoms with E-state index < -0.39 is 17.9 Å². The van der Waals surface area contributed by atoms with E-state index in [1.54, 1.807) is 5.48 Å². The number of rotatable bonds is 3. The second-order valence-electron chi connectivity index (χ2n) is 9.10. The molecule has 3 N–H and O–H groups in total. The van der Waals surface area contributed by atoms with Crippen LogP contribution in [-0.4, -0.2) is 47.6 Å². The number of hydroxylamine groups is 1. The molecule has 6 nitrogen and oxygen atoms in total. The predicted octanol–water partition coefficient (Wildman–Crippen LogP) is 2.27. The molecule has 1 aliphatic carbocycles. The summed E-state index contributed by atoms with van der Waals surface area (Å²) in [5, 5.41) is 12.5. The van der Waals surface area contributed by atoms with E-state index in [4.69, 9.17) is 5.21 Å². The lowest BCUT2D eigenvalue weighted by atomic mass is 9.80. The van der Waals surface area contributed by atoms with Crippen LogP contribution < -0.4 is 10.8 Å². The van der Waals surface area contributed by atoms with Gasteiger partial charge in [-0.15, -0.1) is 0 Å². The van der Waals surface area contributed by atoms with E-state index in [1.807, 2.05) is 4.90 Å². The molecule has 0 radical (unpaired) electrons. The summed E-state index contributed by atoms with van der Waals surface area (Å²) in [6, 6.07) is 6.07. The number of nitrogens with zero attached hydrogens (tertiary/aromatic N) is 1. The van der Waals surface area contributed by atoms with Crippen LogP contribution in [0.5, 0.6) is 0 Å². The lowest BCUT2D eigenvalue weighted by Crippen LogP contribution is -2.59. The zero-order chi connectivity index (χ0) is 19.9. The molecule has 1 aromatic carbocycles. The number of nitrogens with one attached hydrogen (secondary N) is 2. The van der Waals surface area contributed by atoms with Gasteiger partial charge in [0.15, 0.2) is 0 Å². The van der Waals surface area contributed by atoms with Crippen LogP contribution in [0.2, 0.25) is 0 Å². The van der Waals surface area contributed by atoms with Gasteiger partial charge in [-0.2, -0.15) is 0 Å². The Morgan fingerprint density at radius 2 is 1.93 bits per heavy atom. The molecule has 152 valence electrons. The van der Waals surface area contributed by atoms with E-state index in [-0.39, 0.29) is 11.3 Å². The number of carbonyl (C=O) groups excluding carboxylic acids is 2. The number of amides is 2. The van der Waals surface area contributed by atoms with Crippen LogP contribution in [0.3, 0.4) is 0 Å². The molecule has 2 saturated heterocycles. The number of carbonyl (C=O) groups is 2. The first-order valence-electron chi connectivity index (χ1n) is 10.5. The van der Waals surface area contributed by atoms with E-state index in [9.17, 15) is 9.59 Å². The minimum Gasteiger partial charge on any atom is -0.341 e. The van der Waals surface area contributed by atoms with Gasteiger partial charge in [0.2, 0.25) is 11.8 Å². The minimum atomic E-state index is -0.532. The molecule has 2 aliphatic heterocycles. The molecule has 1 spiro atoms. The second-order valence-corrected chi connectivity index (χ2v) is 9.10. The van der Waals surface area contributed by atoms with Crippen LogP contribution in [0.1, 0.15) is 54.7 Å². The smallest absolute Gasteiger partial charge is 0.248 e. The monoisotopic (exact) mass is 385 g/mol. The summed E-state index contributed by atoms with van der Waals surface area (Å²) in [6.07, 6.45) is 4.77. The maximum Gasteiger partial charge on any atom is 0.248 e. The molecular formula is C22H31N3O3. The van der Waals surface area contributed by atoms with Gasteiger partial charge in [0, 0.05) is 19.6 Å². The summed E-state index contributed by atoms with van der Waals surface area (Å²) in [6.45, 7) is 6.50. The van der Waals surface area contributed by atoms with Gasteiger partial charge in [0.05, 0.1) is 12.0 Å². The van der Waals surface area contributed by atoms with Gasteiger partial charge in [-0.3, -0.25) is 14.8 Å². The first-order chi connectivity index (χ1) is 13.4. The van der Waals surface area contributed by atoms with Gasteiger partial charge in [-0.1, -0.05) is 23.8 Å². The Morgan fingerprint density at radius 3 is 2.57 bits per heavy atom. The topological polar surface area (TPSA) is 81.7 Å². The lowest BCUT2D eigenvalue weighted by Gasteiger charge is -2.40. The Bertz CT molecular complexity index is 766. The third-order valence-electron chi connectivity index (χ3n) is 7.10. The molecule has 3 aliphatic rings. The minimum absolute atomic E-state index is 0.00325. The van der Waals surface area contributed by atoms with Crippen molar-refractivity contribution < 1.29 is 14.8 Å². The molecule has 2 atom stereocenters. The highest BCUT2D eigenvalue weighted by molar-refractivity contribution is 5.90. The predicted molar refractivity (Wildman–Crippen MR) is 106 cm³/mol. The lowest BCUT2D eigenvalue weighted by molar-refractivity contribution is -0.145. The summed E-state index contributed by atoms with van der Waals surface area (Å²) in [5.74, 6) is -0.453. The van der Waals surface area contributed by atoms with Crippen molar-refractivity contribution in [2.24, 2.45) is 11.3 Å². The highest BCUT2D eigenvalue weighted by atomic mass is 16.5. The fourth-order valence-corrected chi connectivity index (χ4v) is 5.08. The van der Waals surface area contributed by atoms with E-state index in [0.29, 0.717) is 25.4 Å². The summed E-state index contributed by atoms with van der Waals surface area (Å²) < 4.78 is 0. The molecule has 2 unspecified atom stereocenters. The van der Waals surface area contributed by atoms with Gasteiger partial charge in [-0.05, 0) is 68.4 Å². The Balaban J connectivity index is 1.41. The molecule has 1 aromatic rings. The zero-order valence-electron chi connectivity index (χ0n) is 16.8. The van der Waals surface area contributed by atoms with Gasteiger partial charge < -0.3 is 10.2 Å². The summed E-state index contributed by atoms with van der Waals surface area (Å²) in [7, 11) is 0. The Morgan fingerprint density at radius 1 is 1.21 bits per heavy atom. The Labute approximate surface area is 166 Å². The van der Waals surface area contributed by atoms with Crippen LogP contribution in [0.15, 0.2) is 18.2 Å². The van der Waals surface area contributed by atoms with Crippen LogP contribution in [0, 0.1) is 25.2 Å². The van der Waals surface area contributed by atoms with Gasteiger partial charge in [0.1, 0.15) is 0 Å². The van der Waals surface area contributed by atoms with Crippen molar-refractivity contribution in [1.82, 2.24) is 15.7 Å². The van der Waals surface area contributed by atoms with Crippen molar-refractivity contribution >= 4 is 11.8 Å². The van der Waals surface area contributed by atoms with Gasteiger partial charge in [0.25, 0.3) is 0 Å². The average Bonchev–Trinajstić information content (AvgIpc) is 3.47. The van der Waals surface area contributed by atoms with Crippen LogP contribution in [0.4, 0.5) is 0 Å². The fraction of sp³-hybridized carbons (Fsp3) is 0.636. The molecule has 2 amide bonds. The Hall–Kier alpha value is -1.92. The van der Waals surface area contributed by atoms with E-state index in [1.165, 1.54) is 16.7 Å².